The van der Waals surface area contributed by atoms with Crippen LogP contribution in [0.25, 0.3) is 5.65 Å². The average Bonchev–Trinajstić information content (AvgIpc) is 3.12. The first-order valence-electron chi connectivity index (χ1n) is 7.06. The van der Waals surface area contributed by atoms with Crippen LogP contribution in [-0.4, -0.2) is 30.9 Å². The molecule has 1 atom stereocenters. The Hall–Kier alpha value is -2.34. The Morgan fingerprint density at radius 3 is 2.95 bits per heavy atom. The van der Waals surface area contributed by atoms with Gasteiger partial charge in [-0.1, -0.05) is 12.1 Å². The maximum absolute atomic E-state index is 12.2. The summed E-state index contributed by atoms with van der Waals surface area (Å²) in [6.07, 6.45) is 5.70. The summed E-state index contributed by atoms with van der Waals surface area (Å²) in [5.41, 5.74) is 2.70. The van der Waals surface area contributed by atoms with Gasteiger partial charge in [-0.15, -0.1) is 11.8 Å². The zero-order valence-electron chi connectivity index (χ0n) is 11.8. The van der Waals surface area contributed by atoms with E-state index < -0.39 is 0 Å². The van der Waals surface area contributed by atoms with Gasteiger partial charge in [-0.3, -0.25) is 9.78 Å². The lowest BCUT2D eigenvalue weighted by Gasteiger charge is -2.22. The smallest absolute Gasteiger partial charge is 0.234 e. The van der Waals surface area contributed by atoms with Crippen molar-refractivity contribution in [2.45, 2.75) is 11.9 Å². The van der Waals surface area contributed by atoms with E-state index in [1.165, 1.54) is 0 Å². The van der Waals surface area contributed by atoms with E-state index in [2.05, 4.69) is 9.97 Å². The van der Waals surface area contributed by atoms with Gasteiger partial charge in [0.1, 0.15) is 11.0 Å². The summed E-state index contributed by atoms with van der Waals surface area (Å²) in [7, 11) is 0. The molecule has 0 aromatic carbocycles. The SMILES string of the molecule is O=C1CS[C@H](c2ccccn2)N1Cc1cn2ccccc2n1. The number of hydrogen-bond acceptors (Lipinski definition) is 4. The summed E-state index contributed by atoms with van der Waals surface area (Å²) in [5, 5.41) is -0.0292. The predicted octanol–water partition coefficient (Wildman–Crippen LogP) is 2.50. The summed E-state index contributed by atoms with van der Waals surface area (Å²) in [6.45, 7) is 0.509. The molecule has 110 valence electrons. The van der Waals surface area contributed by atoms with Crippen molar-refractivity contribution >= 4 is 23.3 Å². The van der Waals surface area contributed by atoms with E-state index in [0.29, 0.717) is 12.3 Å². The highest BCUT2D eigenvalue weighted by Gasteiger charge is 2.34. The van der Waals surface area contributed by atoms with Crippen LogP contribution < -0.4 is 0 Å². The zero-order chi connectivity index (χ0) is 14.9. The molecule has 0 bridgehead atoms. The predicted molar refractivity (Wildman–Crippen MR) is 85.2 cm³/mol. The molecule has 22 heavy (non-hydrogen) atoms. The molecule has 5 nitrogen and oxygen atoms in total. The summed E-state index contributed by atoms with van der Waals surface area (Å²) in [5.74, 6) is 0.631. The number of thioether (sulfide) groups is 1. The van der Waals surface area contributed by atoms with Crippen LogP contribution in [0.5, 0.6) is 0 Å². The van der Waals surface area contributed by atoms with Crippen LogP contribution in [0.15, 0.2) is 55.0 Å². The second-order valence-electron chi connectivity index (χ2n) is 5.14. The monoisotopic (exact) mass is 310 g/mol. The first-order chi connectivity index (χ1) is 10.8. The fourth-order valence-electron chi connectivity index (χ4n) is 2.63. The van der Waals surface area contributed by atoms with Crippen molar-refractivity contribution in [3.05, 3.63) is 66.4 Å². The van der Waals surface area contributed by atoms with Crippen molar-refractivity contribution in [2.24, 2.45) is 0 Å². The van der Waals surface area contributed by atoms with Crippen molar-refractivity contribution in [1.82, 2.24) is 19.3 Å². The quantitative estimate of drug-likeness (QED) is 0.746. The molecule has 1 fully saturated rings. The molecule has 0 spiro atoms. The summed E-state index contributed by atoms with van der Waals surface area (Å²) in [6, 6.07) is 11.7. The number of aromatic nitrogens is 3. The van der Waals surface area contributed by atoms with Gasteiger partial charge in [0.05, 0.1) is 23.7 Å². The van der Waals surface area contributed by atoms with Gasteiger partial charge >= 0.3 is 0 Å². The lowest BCUT2D eigenvalue weighted by Crippen LogP contribution is -2.28. The molecule has 3 aromatic heterocycles. The Morgan fingerprint density at radius 2 is 2.14 bits per heavy atom. The van der Waals surface area contributed by atoms with Crippen molar-refractivity contribution < 1.29 is 4.79 Å². The standard InChI is InChI=1S/C16H14N4OS/c21-15-11-22-16(13-5-1-3-7-17-13)20(15)10-12-9-19-8-4-2-6-14(19)18-12/h1-9,16H,10-11H2/t16-/m1/s1. The summed E-state index contributed by atoms with van der Waals surface area (Å²) in [4.78, 5) is 23.0. The van der Waals surface area contributed by atoms with E-state index in [0.717, 1.165) is 17.0 Å². The molecule has 1 saturated heterocycles. The normalized spacial score (nSPS) is 18.3. The molecule has 6 heteroatoms. The van der Waals surface area contributed by atoms with Crippen LogP contribution in [0.1, 0.15) is 16.8 Å². The topological polar surface area (TPSA) is 50.5 Å². The fraction of sp³-hybridized carbons (Fsp3) is 0.188. The third-order valence-electron chi connectivity index (χ3n) is 3.66. The molecular weight excluding hydrogens is 296 g/mol. The Balaban J connectivity index is 1.63. The van der Waals surface area contributed by atoms with Gasteiger partial charge in [-0.25, -0.2) is 4.98 Å². The molecule has 1 amide bonds. The minimum Gasteiger partial charge on any atom is -0.318 e. The Bertz CT molecular complexity index is 784. The Kier molecular flexibility index (Phi) is 3.31. The molecule has 4 heterocycles. The number of hydrogen-bond donors (Lipinski definition) is 0. The van der Waals surface area contributed by atoms with Crippen LogP contribution in [-0.2, 0) is 11.3 Å². The highest BCUT2D eigenvalue weighted by molar-refractivity contribution is 8.00. The average molecular weight is 310 g/mol. The molecule has 0 N–H and O–H groups in total. The summed E-state index contributed by atoms with van der Waals surface area (Å²) >= 11 is 1.62. The molecule has 0 saturated carbocycles. The lowest BCUT2D eigenvalue weighted by molar-refractivity contribution is -0.128. The molecule has 0 radical (unpaired) electrons. The molecule has 1 aliphatic heterocycles. The third-order valence-corrected chi connectivity index (χ3v) is 4.88. The Labute approximate surface area is 132 Å². The van der Waals surface area contributed by atoms with Crippen molar-refractivity contribution in [1.29, 1.82) is 0 Å². The van der Waals surface area contributed by atoms with Gasteiger partial charge in [-0.2, -0.15) is 0 Å². The van der Waals surface area contributed by atoms with Gasteiger partial charge in [0.2, 0.25) is 5.91 Å². The molecular formula is C16H14N4OS. The van der Waals surface area contributed by atoms with E-state index in [1.54, 1.807) is 18.0 Å². The van der Waals surface area contributed by atoms with Crippen molar-refractivity contribution in [3.8, 4) is 0 Å². The number of amides is 1. The van der Waals surface area contributed by atoms with Crippen molar-refractivity contribution in [2.75, 3.05) is 5.75 Å². The number of carbonyl (C=O) groups excluding carboxylic acids is 1. The largest absolute Gasteiger partial charge is 0.318 e. The van der Waals surface area contributed by atoms with Crippen LogP contribution in [0, 0.1) is 0 Å². The van der Waals surface area contributed by atoms with E-state index in [9.17, 15) is 4.79 Å². The molecule has 3 aromatic rings. The highest BCUT2D eigenvalue weighted by Crippen LogP contribution is 2.38. The first-order valence-corrected chi connectivity index (χ1v) is 8.11. The molecule has 0 unspecified atom stereocenters. The minimum atomic E-state index is -0.0292. The molecule has 1 aliphatic rings. The fourth-order valence-corrected chi connectivity index (χ4v) is 3.78. The van der Waals surface area contributed by atoms with Gasteiger partial charge in [0.25, 0.3) is 0 Å². The number of fused-ring (bicyclic) bond motifs is 1. The number of rotatable bonds is 3. The number of pyridine rings is 2. The minimum absolute atomic E-state index is 0.0292. The van der Waals surface area contributed by atoms with E-state index in [4.69, 9.17) is 0 Å². The van der Waals surface area contributed by atoms with Gasteiger partial charge in [-0.05, 0) is 24.3 Å². The second kappa shape index (κ2) is 5.46. The van der Waals surface area contributed by atoms with Crippen LogP contribution in [0.4, 0.5) is 0 Å². The maximum atomic E-state index is 12.2. The van der Waals surface area contributed by atoms with Gasteiger partial charge in [0, 0.05) is 18.6 Å². The Morgan fingerprint density at radius 1 is 1.23 bits per heavy atom. The third kappa shape index (κ3) is 2.35. The molecule has 4 rings (SSSR count). The number of carbonyl (C=O) groups is 1. The van der Waals surface area contributed by atoms with Crippen LogP contribution in [0.2, 0.25) is 0 Å². The van der Waals surface area contributed by atoms with Crippen LogP contribution in [0.3, 0.4) is 0 Å². The van der Waals surface area contributed by atoms with Crippen molar-refractivity contribution in [3.63, 3.8) is 0 Å². The van der Waals surface area contributed by atoms with Gasteiger partial charge in [0.15, 0.2) is 0 Å². The zero-order valence-corrected chi connectivity index (χ0v) is 12.6. The van der Waals surface area contributed by atoms with Crippen LogP contribution >= 0.6 is 11.8 Å². The number of imidazole rings is 1. The lowest BCUT2D eigenvalue weighted by atomic mass is 10.3. The van der Waals surface area contributed by atoms with E-state index in [-0.39, 0.29) is 11.3 Å². The summed E-state index contributed by atoms with van der Waals surface area (Å²) < 4.78 is 1.97. The first kappa shape index (κ1) is 13.3. The van der Waals surface area contributed by atoms with Gasteiger partial charge < -0.3 is 9.30 Å². The van der Waals surface area contributed by atoms with E-state index >= 15 is 0 Å². The molecule has 0 aliphatic carbocycles. The highest BCUT2D eigenvalue weighted by atomic mass is 32.2. The van der Waals surface area contributed by atoms with E-state index in [1.807, 2.05) is 58.1 Å². The maximum Gasteiger partial charge on any atom is 0.234 e. The number of nitrogens with zero attached hydrogens (tertiary/aromatic N) is 4. The second-order valence-corrected chi connectivity index (χ2v) is 6.21.